The van der Waals surface area contributed by atoms with Crippen LogP contribution in [0, 0.1) is 17.2 Å². The van der Waals surface area contributed by atoms with E-state index in [1.165, 1.54) is 0 Å². The number of carbonyl (C=O) groups is 3. The first-order valence-corrected chi connectivity index (χ1v) is 12.9. The van der Waals surface area contributed by atoms with Crippen molar-refractivity contribution in [2.45, 2.75) is 65.1 Å². The third-order valence-electron chi connectivity index (χ3n) is 5.70. The van der Waals surface area contributed by atoms with E-state index in [1.807, 2.05) is 38.1 Å². The van der Waals surface area contributed by atoms with Gasteiger partial charge in [0.2, 0.25) is 11.8 Å². The van der Waals surface area contributed by atoms with Crippen LogP contribution in [-0.4, -0.2) is 40.6 Å². The first kappa shape index (κ1) is 29.1. The van der Waals surface area contributed by atoms with Crippen molar-refractivity contribution in [2.24, 2.45) is 5.92 Å². The van der Waals surface area contributed by atoms with Crippen LogP contribution in [0.2, 0.25) is 0 Å². The van der Waals surface area contributed by atoms with Crippen LogP contribution in [0.4, 0.5) is 10.5 Å². The van der Waals surface area contributed by atoms with Gasteiger partial charge in [0.15, 0.2) is 0 Å². The van der Waals surface area contributed by atoms with Gasteiger partial charge in [0, 0.05) is 11.8 Å². The van der Waals surface area contributed by atoms with E-state index < -0.39 is 35.6 Å². The molecule has 39 heavy (non-hydrogen) atoms. The summed E-state index contributed by atoms with van der Waals surface area (Å²) in [5.74, 6) is -0.884. The van der Waals surface area contributed by atoms with E-state index in [9.17, 15) is 19.6 Å². The number of hydrogen-bond acceptors (Lipinski definition) is 6. The first-order valence-electron chi connectivity index (χ1n) is 12.9. The first-order chi connectivity index (χ1) is 18.4. The fraction of sp³-hybridized carbons (Fsp3) is 0.367. The molecule has 0 saturated carbocycles. The quantitative estimate of drug-likeness (QED) is 0.368. The summed E-state index contributed by atoms with van der Waals surface area (Å²) in [4.78, 5) is 43.7. The Morgan fingerprint density at radius 3 is 2.41 bits per heavy atom. The molecule has 2 atom stereocenters. The summed E-state index contributed by atoms with van der Waals surface area (Å²) < 4.78 is 5.34. The van der Waals surface area contributed by atoms with Crippen LogP contribution in [0.5, 0.6) is 0 Å². The van der Waals surface area contributed by atoms with Crippen molar-refractivity contribution in [3.05, 3.63) is 71.9 Å². The van der Waals surface area contributed by atoms with Gasteiger partial charge < -0.3 is 20.7 Å². The lowest BCUT2D eigenvalue weighted by Gasteiger charge is -2.26. The molecule has 0 radical (unpaired) electrons. The van der Waals surface area contributed by atoms with Crippen LogP contribution < -0.4 is 16.0 Å². The number of rotatable bonds is 9. The van der Waals surface area contributed by atoms with Crippen molar-refractivity contribution in [2.75, 3.05) is 5.32 Å². The summed E-state index contributed by atoms with van der Waals surface area (Å²) in [7, 11) is 0. The molecule has 0 aliphatic rings. The SMILES string of the molecule is CC(C)C[C@H](NC(=O)OC(C)(C)C)C(=O)N[C@H](Cc1cccc(C#N)c1)C(=O)Nc1cnc2ccccc2c1. The van der Waals surface area contributed by atoms with E-state index in [-0.39, 0.29) is 12.3 Å². The Balaban J connectivity index is 1.84. The van der Waals surface area contributed by atoms with E-state index in [4.69, 9.17) is 4.74 Å². The number of hydrogen-bond donors (Lipinski definition) is 3. The minimum absolute atomic E-state index is 0.0824. The Labute approximate surface area is 229 Å². The van der Waals surface area contributed by atoms with E-state index in [1.54, 1.807) is 57.3 Å². The van der Waals surface area contributed by atoms with Crippen LogP contribution >= 0.6 is 0 Å². The van der Waals surface area contributed by atoms with Crippen molar-refractivity contribution >= 4 is 34.5 Å². The highest BCUT2D eigenvalue weighted by molar-refractivity contribution is 5.99. The fourth-order valence-corrected chi connectivity index (χ4v) is 4.01. The Bertz CT molecular complexity index is 1370. The number of amides is 3. The standard InChI is InChI=1S/C30H35N5O4/c1-19(2)13-25(35-29(38)39-30(3,4)5)28(37)34-26(15-20-9-8-10-21(14-20)17-31)27(36)33-23-16-22-11-6-7-12-24(22)32-18-23/h6-12,14,16,18-19,25-26H,13,15H2,1-5H3,(H,33,36)(H,34,37)(H,35,38)/t25-,26+/m0/s1. The molecule has 3 amide bonds. The molecule has 0 fully saturated rings. The molecule has 0 aliphatic carbocycles. The maximum atomic E-state index is 13.5. The second kappa shape index (κ2) is 12.9. The van der Waals surface area contributed by atoms with Crippen LogP contribution in [0.3, 0.4) is 0 Å². The van der Waals surface area contributed by atoms with Crippen molar-refractivity contribution in [1.29, 1.82) is 5.26 Å². The summed E-state index contributed by atoms with van der Waals surface area (Å²) in [6.07, 6.45) is 1.32. The van der Waals surface area contributed by atoms with Crippen LogP contribution in [0.15, 0.2) is 60.8 Å². The van der Waals surface area contributed by atoms with Gasteiger partial charge >= 0.3 is 6.09 Å². The average molecular weight is 530 g/mol. The van der Waals surface area contributed by atoms with Gasteiger partial charge in [-0.1, -0.05) is 44.2 Å². The highest BCUT2D eigenvalue weighted by Crippen LogP contribution is 2.17. The summed E-state index contributed by atoms with van der Waals surface area (Å²) in [5, 5.41) is 18.5. The smallest absolute Gasteiger partial charge is 0.408 e. The second-order valence-electron chi connectivity index (χ2n) is 10.8. The molecule has 9 heteroatoms. The average Bonchev–Trinajstić information content (AvgIpc) is 2.86. The maximum absolute atomic E-state index is 13.5. The van der Waals surface area contributed by atoms with E-state index >= 15 is 0 Å². The Morgan fingerprint density at radius 2 is 1.72 bits per heavy atom. The van der Waals surface area contributed by atoms with E-state index in [0.29, 0.717) is 23.2 Å². The number of nitrogens with zero attached hydrogens (tertiary/aromatic N) is 2. The summed E-state index contributed by atoms with van der Waals surface area (Å²) in [5.41, 5.74) is 1.69. The van der Waals surface area contributed by atoms with Crippen molar-refractivity contribution in [3.63, 3.8) is 0 Å². The minimum atomic E-state index is -0.993. The fourth-order valence-electron chi connectivity index (χ4n) is 4.01. The van der Waals surface area contributed by atoms with Gasteiger partial charge in [-0.2, -0.15) is 5.26 Å². The van der Waals surface area contributed by atoms with Gasteiger partial charge in [-0.3, -0.25) is 14.6 Å². The van der Waals surface area contributed by atoms with Crippen molar-refractivity contribution in [3.8, 4) is 6.07 Å². The molecule has 0 aliphatic heterocycles. The largest absolute Gasteiger partial charge is 0.444 e. The van der Waals surface area contributed by atoms with Gasteiger partial charge in [-0.05, 0) is 62.9 Å². The molecule has 1 aromatic heterocycles. The topological polar surface area (TPSA) is 133 Å². The number of nitriles is 1. The van der Waals surface area contributed by atoms with Gasteiger partial charge in [0.25, 0.3) is 0 Å². The molecule has 0 bridgehead atoms. The number of carbonyl (C=O) groups excluding carboxylic acids is 3. The number of aromatic nitrogens is 1. The molecule has 0 spiro atoms. The van der Waals surface area contributed by atoms with E-state index in [0.717, 1.165) is 10.9 Å². The number of benzene rings is 2. The molecule has 3 rings (SSSR count). The molecule has 2 aromatic carbocycles. The van der Waals surface area contributed by atoms with Crippen LogP contribution in [-0.2, 0) is 20.7 Å². The molecule has 0 unspecified atom stereocenters. The molecule has 0 saturated heterocycles. The zero-order valence-electron chi connectivity index (χ0n) is 22.9. The summed E-state index contributed by atoms with van der Waals surface area (Å²) in [6.45, 7) is 9.08. The summed E-state index contributed by atoms with van der Waals surface area (Å²) >= 11 is 0. The normalized spacial score (nSPS) is 12.7. The molecule has 204 valence electrons. The Kier molecular flexibility index (Phi) is 9.61. The molecule has 1 heterocycles. The molecule has 9 nitrogen and oxygen atoms in total. The molecular weight excluding hydrogens is 494 g/mol. The lowest BCUT2D eigenvalue weighted by molar-refractivity contribution is -0.128. The van der Waals surface area contributed by atoms with E-state index in [2.05, 4.69) is 27.0 Å². The Hall–Kier alpha value is -4.45. The van der Waals surface area contributed by atoms with Crippen molar-refractivity contribution < 1.29 is 19.1 Å². The number of pyridine rings is 1. The number of alkyl carbamates (subject to hydrolysis) is 1. The zero-order chi connectivity index (χ0) is 28.6. The van der Waals surface area contributed by atoms with Crippen molar-refractivity contribution in [1.82, 2.24) is 15.6 Å². The highest BCUT2D eigenvalue weighted by atomic mass is 16.6. The number of ether oxygens (including phenoxy) is 1. The number of fused-ring (bicyclic) bond motifs is 1. The minimum Gasteiger partial charge on any atom is -0.444 e. The van der Waals surface area contributed by atoms with Gasteiger partial charge in [-0.15, -0.1) is 0 Å². The van der Waals surface area contributed by atoms with Crippen LogP contribution in [0.1, 0.15) is 52.2 Å². The number of para-hydroxylation sites is 1. The second-order valence-corrected chi connectivity index (χ2v) is 10.8. The third-order valence-corrected chi connectivity index (χ3v) is 5.70. The van der Waals surface area contributed by atoms with Gasteiger partial charge in [0.05, 0.1) is 29.0 Å². The van der Waals surface area contributed by atoms with Crippen LogP contribution in [0.25, 0.3) is 10.9 Å². The predicted octanol–water partition coefficient (Wildman–Crippen LogP) is 4.71. The lowest BCUT2D eigenvalue weighted by atomic mass is 10.0. The van der Waals surface area contributed by atoms with Gasteiger partial charge in [-0.25, -0.2) is 4.79 Å². The molecule has 3 aromatic rings. The number of nitrogens with one attached hydrogen (secondary N) is 3. The molecular formula is C30H35N5O4. The molecule has 3 N–H and O–H groups in total. The predicted molar refractivity (Wildman–Crippen MR) is 150 cm³/mol. The highest BCUT2D eigenvalue weighted by Gasteiger charge is 2.29. The Morgan fingerprint density at radius 1 is 0.974 bits per heavy atom. The van der Waals surface area contributed by atoms with Gasteiger partial charge in [0.1, 0.15) is 17.7 Å². The maximum Gasteiger partial charge on any atom is 0.408 e. The lowest BCUT2D eigenvalue weighted by Crippen LogP contribution is -2.54. The number of anilines is 1. The third kappa shape index (κ3) is 9.11. The zero-order valence-corrected chi connectivity index (χ0v) is 22.9. The summed E-state index contributed by atoms with van der Waals surface area (Å²) in [6, 6.07) is 16.4. The monoisotopic (exact) mass is 529 g/mol.